The molecule has 0 aliphatic carbocycles. The molecule has 4 rings (SSSR count). The fourth-order valence-electron chi connectivity index (χ4n) is 3.11. The second-order valence-electron chi connectivity index (χ2n) is 5.98. The van der Waals surface area contributed by atoms with Gasteiger partial charge < -0.3 is 4.90 Å². The lowest BCUT2D eigenvalue weighted by Crippen LogP contribution is -2.25. The highest BCUT2D eigenvalue weighted by molar-refractivity contribution is 5.75. The molecule has 1 aromatic carbocycles. The molecule has 2 aromatic heterocycles. The van der Waals surface area contributed by atoms with Gasteiger partial charge in [0.25, 0.3) is 0 Å². The van der Waals surface area contributed by atoms with Crippen molar-refractivity contribution in [2.75, 3.05) is 4.90 Å². The Morgan fingerprint density at radius 3 is 2.54 bits per heavy atom. The number of nitrogens with zero attached hydrogens (tertiary/aromatic N) is 4. The van der Waals surface area contributed by atoms with E-state index in [0.29, 0.717) is 5.69 Å². The largest absolute Gasteiger partial charge is 0.416 e. The summed E-state index contributed by atoms with van der Waals surface area (Å²) >= 11 is 0. The number of aryl methyl sites for hydroxylation is 1. The molecular formula is C19H15F3N4. The van der Waals surface area contributed by atoms with Gasteiger partial charge in [0.15, 0.2) is 6.17 Å². The van der Waals surface area contributed by atoms with E-state index in [1.54, 1.807) is 12.3 Å². The predicted molar refractivity (Wildman–Crippen MR) is 94.2 cm³/mol. The molecule has 0 saturated carbocycles. The van der Waals surface area contributed by atoms with Crippen LogP contribution in [0.2, 0.25) is 0 Å². The van der Waals surface area contributed by atoms with Gasteiger partial charge >= 0.3 is 6.18 Å². The van der Waals surface area contributed by atoms with Crippen molar-refractivity contribution in [1.29, 1.82) is 0 Å². The van der Waals surface area contributed by atoms with Gasteiger partial charge in [0.2, 0.25) is 0 Å². The minimum atomic E-state index is -4.36. The van der Waals surface area contributed by atoms with Gasteiger partial charge in [-0.2, -0.15) is 13.2 Å². The number of hydrogen-bond donors (Lipinski definition) is 0. The minimum absolute atomic E-state index is 0.408. The second kappa shape index (κ2) is 6.01. The smallest absolute Gasteiger partial charge is 0.320 e. The zero-order valence-electron chi connectivity index (χ0n) is 13.9. The first-order chi connectivity index (χ1) is 12.4. The lowest BCUT2D eigenvalue weighted by molar-refractivity contribution is -0.137. The van der Waals surface area contributed by atoms with Gasteiger partial charge in [-0.1, -0.05) is 6.07 Å². The van der Waals surface area contributed by atoms with Crippen molar-refractivity contribution < 1.29 is 13.2 Å². The molecule has 0 radical (unpaired) electrons. The summed E-state index contributed by atoms with van der Waals surface area (Å²) in [6.45, 7) is 1.90. The number of alkyl halides is 3. The van der Waals surface area contributed by atoms with Gasteiger partial charge in [-0.15, -0.1) is 0 Å². The van der Waals surface area contributed by atoms with E-state index in [0.717, 1.165) is 29.2 Å². The van der Waals surface area contributed by atoms with Crippen molar-refractivity contribution in [3.8, 4) is 0 Å². The van der Waals surface area contributed by atoms with Crippen molar-refractivity contribution in [1.82, 2.24) is 9.38 Å². The van der Waals surface area contributed by atoms with Crippen LogP contribution < -0.4 is 4.90 Å². The summed E-state index contributed by atoms with van der Waals surface area (Å²) in [5.74, 6) is 0. The molecule has 0 N–H and O–H groups in total. The van der Waals surface area contributed by atoms with Crippen LogP contribution in [0.15, 0.2) is 65.9 Å². The van der Waals surface area contributed by atoms with Gasteiger partial charge in [-0.25, -0.2) is 4.98 Å². The van der Waals surface area contributed by atoms with E-state index in [2.05, 4.69) is 9.98 Å². The van der Waals surface area contributed by atoms with E-state index in [4.69, 9.17) is 0 Å². The van der Waals surface area contributed by atoms with Gasteiger partial charge in [-0.05, 0) is 49.4 Å². The Morgan fingerprint density at radius 1 is 1.04 bits per heavy atom. The van der Waals surface area contributed by atoms with E-state index >= 15 is 0 Å². The number of anilines is 1. The highest BCUT2D eigenvalue weighted by Gasteiger charge is 2.31. The summed E-state index contributed by atoms with van der Waals surface area (Å²) < 4.78 is 40.4. The van der Waals surface area contributed by atoms with E-state index in [-0.39, 0.29) is 0 Å². The molecule has 0 amide bonds. The molecule has 0 spiro atoms. The van der Waals surface area contributed by atoms with Crippen molar-refractivity contribution >= 4 is 17.5 Å². The van der Waals surface area contributed by atoms with Gasteiger partial charge in [-0.3, -0.25) is 9.39 Å². The van der Waals surface area contributed by atoms with E-state index in [1.807, 2.05) is 46.8 Å². The number of allylic oxidation sites excluding steroid dienone is 1. The van der Waals surface area contributed by atoms with Crippen LogP contribution in [0.3, 0.4) is 0 Å². The van der Waals surface area contributed by atoms with E-state index < -0.39 is 17.9 Å². The summed E-state index contributed by atoms with van der Waals surface area (Å²) in [7, 11) is 0. The number of hydrogen-bond acceptors (Lipinski definition) is 3. The van der Waals surface area contributed by atoms with Gasteiger partial charge in [0.05, 0.1) is 17.0 Å². The Kier molecular flexibility index (Phi) is 3.79. The zero-order chi connectivity index (χ0) is 18.3. The standard InChI is InChI=1S/C19H15F3N4/c1-13-17(26-11-3-2-5-16(26)24-13)18-23-10-4-12-25(18)15-8-6-14(7-9-15)19(20,21)22/h2-12,18H,1H3. The van der Waals surface area contributed by atoms with Gasteiger partial charge in [0, 0.05) is 24.3 Å². The topological polar surface area (TPSA) is 32.9 Å². The van der Waals surface area contributed by atoms with E-state index in [1.165, 1.54) is 12.1 Å². The van der Waals surface area contributed by atoms with Crippen LogP contribution in [0, 0.1) is 6.92 Å². The first-order valence-electron chi connectivity index (χ1n) is 8.04. The summed E-state index contributed by atoms with van der Waals surface area (Å²) in [5.41, 5.74) is 2.46. The first kappa shape index (κ1) is 16.4. The normalized spacial score (nSPS) is 17.2. The Labute approximate surface area is 147 Å². The lowest BCUT2D eigenvalue weighted by Gasteiger charge is -2.30. The van der Waals surface area contributed by atoms with Crippen LogP contribution in [0.1, 0.15) is 23.1 Å². The third-order valence-electron chi connectivity index (χ3n) is 4.31. The average Bonchev–Trinajstić information content (AvgIpc) is 2.97. The minimum Gasteiger partial charge on any atom is -0.320 e. The Bertz CT molecular complexity index is 1000. The molecule has 132 valence electrons. The van der Waals surface area contributed by atoms with Gasteiger partial charge in [0.1, 0.15) is 5.65 Å². The van der Waals surface area contributed by atoms with Crippen molar-refractivity contribution in [2.24, 2.45) is 4.99 Å². The molecule has 0 saturated heterocycles. The Hall–Kier alpha value is -3.09. The number of aliphatic imine (C=N–C) groups is 1. The van der Waals surface area contributed by atoms with Crippen LogP contribution in [0.25, 0.3) is 5.65 Å². The molecule has 3 aromatic rings. The van der Waals surface area contributed by atoms with Crippen molar-refractivity contribution in [2.45, 2.75) is 19.3 Å². The maximum atomic E-state index is 12.8. The van der Waals surface area contributed by atoms with Crippen LogP contribution in [-0.4, -0.2) is 15.6 Å². The van der Waals surface area contributed by atoms with Crippen molar-refractivity contribution in [3.05, 3.63) is 77.9 Å². The monoisotopic (exact) mass is 356 g/mol. The summed E-state index contributed by atoms with van der Waals surface area (Å²) in [5, 5.41) is 0. The number of pyridine rings is 1. The van der Waals surface area contributed by atoms with Crippen molar-refractivity contribution in [3.63, 3.8) is 0 Å². The Morgan fingerprint density at radius 2 is 1.81 bits per heavy atom. The molecule has 7 heteroatoms. The fraction of sp³-hybridized carbons (Fsp3) is 0.158. The molecule has 26 heavy (non-hydrogen) atoms. The SMILES string of the molecule is Cc1nc2ccccn2c1C1N=CC=CN1c1ccc(C(F)(F)F)cc1. The summed E-state index contributed by atoms with van der Waals surface area (Å²) in [4.78, 5) is 10.9. The summed E-state index contributed by atoms with van der Waals surface area (Å²) in [6, 6.07) is 10.8. The molecule has 1 aliphatic heterocycles. The molecule has 1 atom stereocenters. The maximum Gasteiger partial charge on any atom is 0.416 e. The number of aromatic nitrogens is 2. The molecule has 1 unspecified atom stereocenters. The molecule has 0 fully saturated rings. The highest BCUT2D eigenvalue weighted by Crippen LogP contribution is 2.35. The molecular weight excluding hydrogens is 341 g/mol. The fourth-order valence-corrected chi connectivity index (χ4v) is 3.11. The summed E-state index contributed by atoms with van der Waals surface area (Å²) in [6.07, 6.45) is 2.39. The second-order valence-corrected chi connectivity index (χ2v) is 5.98. The molecule has 3 heterocycles. The quantitative estimate of drug-likeness (QED) is 0.663. The van der Waals surface area contributed by atoms with E-state index in [9.17, 15) is 13.2 Å². The average molecular weight is 356 g/mol. The zero-order valence-corrected chi connectivity index (χ0v) is 13.9. The molecule has 4 nitrogen and oxygen atoms in total. The van der Waals surface area contributed by atoms with Crippen LogP contribution in [-0.2, 0) is 6.18 Å². The van der Waals surface area contributed by atoms with Crippen LogP contribution in [0.5, 0.6) is 0 Å². The predicted octanol–water partition coefficient (Wildman–Crippen LogP) is 4.76. The van der Waals surface area contributed by atoms with Crippen LogP contribution >= 0.6 is 0 Å². The number of imidazole rings is 1. The third kappa shape index (κ3) is 2.75. The number of rotatable bonds is 2. The number of fused-ring (bicyclic) bond motifs is 1. The third-order valence-corrected chi connectivity index (χ3v) is 4.31. The molecule has 0 bridgehead atoms. The maximum absolute atomic E-state index is 12.8. The Balaban J connectivity index is 1.77. The first-order valence-corrected chi connectivity index (χ1v) is 8.04. The lowest BCUT2D eigenvalue weighted by atomic mass is 10.1. The molecule has 1 aliphatic rings. The highest BCUT2D eigenvalue weighted by atomic mass is 19.4. The van der Waals surface area contributed by atoms with Crippen LogP contribution in [0.4, 0.5) is 18.9 Å². The number of benzene rings is 1. The number of halogens is 3.